The first-order valence-corrected chi connectivity index (χ1v) is 9.20. The van der Waals surface area contributed by atoms with Crippen LogP contribution >= 0.6 is 11.8 Å². The Kier molecular flexibility index (Phi) is 5.91. The molecule has 26 heavy (non-hydrogen) atoms. The number of carbonyl (C=O) groups is 1. The highest BCUT2D eigenvalue weighted by atomic mass is 32.2. The number of anilines is 1. The molecule has 1 N–H and O–H groups in total. The lowest BCUT2D eigenvalue weighted by molar-refractivity contribution is -0.115. The number of amides is 1. The van der Waals surface area contributed by atoms with Gasteiger partial charge < -0.3 is 14.3 Å². The third-order valence-electron chi connectivity index (χ3n) is 3.77. The Balaban J connectivity index is 1.80. The molecule has 0 saturated heterocycles. The highest BCUT2D eigenvalue weighted by molar-refractivity contribution is 8.00. The van der Waals surface area contributed by atoms with Crippen LogP contribution in [0.4, 0.5) is 5.69 Å². The first kappa shape index (κ1) is 18.0. The highest BCUT2D eigenvalue weighted by Crippen LogP contribution is 2.29. The van der Waals surface area contributed by atoms with Crippen LogP contribution in [0.2, 0.25) is 0 Å². The molecule has 1 atom stereocenters. The van der Waals surface area contributed by atoms with Crippen LogP contribution < -0.4 is 5.32 Å². The Morgan fingerprint density at radius 2 is 2.15 bits per heavy atom. The van der Waals surface area contributed by atoms with E-state index in [1.165, 1.54) is 11.8 Å². The first-order valence-electron chi connectivity index (χ1n) is 8.32. The Morgan fingerprint density at radius 1 is 1.35 bits per heavy atom. The smallest absolute Gasteiger partial charge is 0.238 e. The summed E-state index contributed by atoms with van der Waals surface area (Å²) in [6, 6.07) is 11.2. The van der Waals surface area contributed by atoms with Gasteiger partial charge in [0.2, 0.25) is 5.91 Å². The topological polar surface area (TPSA) is 73.0 Å². The number of hydrogen-bond donors (Lipinski definition) is 1. The quantitative estimate of drug-likeness (QED) is 0.476. The maximum Gasteiger partial charge on any atom is 0.238 e. The Hall–Kier alpha value is -2.80. The van der Waals surface area contributed by atoms with Crippen molar-refractivity contribution in [2.75, 3.05) is 5.32 Å². The molecular formula is C19H20N4O2S. The van der Waals surface area contributed by atoms with Crippen LogP contribution in [-0.4, -0.2) is 25.9 Å². The SMILES string of the molecule is C=CCC(Sc1nnc(-c2ccoc2)n1CC)C(=O)Nc1ccccc1. The van der Waals surface area contributed by atoms with E-state index < -0.39 is 0 Å². The minimum atomic E-state index is -0.348. The van der Waals surface area contributed by atoms with Crippen LogP contribution in [0.15, 0.2) is 71.2 Å². The maximum atomic E-state index is 12.7. The molecule has 0 spiro atoms. The van der Waals surface area contributed by atoms with Gasteiger partial charge in [-0.15, -0.1) is 16.8 Å². The van der Waals surface area contributed by atoms with E-state index in [0.717, 1.165) is 17.1 Å². The number of nitrogens with one attached hydrogen (secondary N) is 1. The van der Waals surface area contributed by atoms with Crippen LogP contribution in [-0.2, 0) is 11.3 Å². The van der Waals surface area contributed by atoms with E-state index in [0.29, 0.717) is 18.1 Å². The number of furan rings is 1. The van der Waals surface area contributed by atoms with Gasteiger partial charge in [-0.3, -0.25) is 4.79 Å². The van der Waals surface area contributed by atoms with Crippen LogP contribution in [0.1, 0.15) is 13.3 Å². The van der Waals surface area contributed by atoms with Crippen molar-refractivity contribution in [3.63, 3.8) is 0 Å². The lowest BCUT2D eigenvalue weighted by Gasteiger charge is -2.15. The molecular weight excluding hydrogens is 348 g/mol. The summed E-state index contributed by atoms with van der Waals surface area (Å²) in [4.78, 5) is 12.7. The van der Waals surface area contributed by atoms with Crippen molar-refractivity contribution >= 4 is 23.4 Å². The number of para-hydroxylation sites is 1. The fourth-order valence-electron chi connectivity index (χ4n) is 2.50. The van der Waals surface area contributed by atoms with Gasteiger partial charge in [-0.2, -0.15) is 0 Å². The van der Waals surface area contributed by atoms with Gasteiger partial charge in [0.05, 0.1) is 17.1 Å². The number of nitrogens with zero attached hydrogens (tertiary/aromatic N) is 3. The Morgan fingerprint density at radius 3 is 2.81 bits per heavy atom. The van der Waals surface area contributed by atoms with Gasteiger partial charge in [0.1, 0.15) is 6.26 Å². The summed E-state index contributed by atoms with van der Waals surface area (Å²) < 4.78 is 7.11. The lowest BCUT2D eigenvalue weighted by Crippen LogP contribution is -2.25. The van der Waals surface area contributed by atoms with Crippen LogP contribution in [0, 0.1) is 0 Å². The molecule has 0 fully saturated rings. The van der Waals surface area contributed by atoms with Gasteiger partial charge in [0.15, 0.2) is 11.0 Å². The Labute approximate surface area is 156 Å². The molecule has 0 saturated carbocycles. The number of carbonyl (C=O) groups excluding carboxylic acids is 1. The average molecular weight is 368 g/mol. The lowest BCUT2D eigenvalue weighted by atomic mass is 10.2. The molecule has 1 amide bonds. The van der Waals surface area contributed by atoms with Gasteiger partial charge in [0, 0.05) is 12.2 Å². The molecule has 0 bridgehead atoms. The van der Waals surface area contributed by atoms with Crippen LogP contribution in [0.5, 0.6) is 0 Å². The van der Waals surface area contributed by atoms with E-state index in [9.17, 15) is 4.79 Å². The normalized spacial score (nSPS) is 11.9. The zero-order valence-corrected chi connectivity index (χ0v) is 15.3. The van der Waals surface area contributed by atoms with Gasteiger partial charge in [0.25, 0.3) is 0 Å². The average Bonchev–Trinajstić information content (AvgIpc) is 3.31. The van der Waals surface area contributed by atoms with Crippen molar-refractivity contribution in [1.29, 1.82) is 0 Å². The van der Waals surface area contributed by atoms with Crippen molar-refractivity contribution in [3.8, 4) is 11.4 Å². The predicted molar refractivity (Wildman–Crippen MR) is 103 cm³/mol. The second kappa shape index (κ2) is 8.53. The number of thioether (sulfide) groups is 1. The molecule has 1 unspecified atom stereocenters. The summed E-state index contributed by atoms with van der Waals surface area (Å²) in [5.41, 5.74) is 1.63. The highest BCUT2D eigenvalue weighted by Gasteiger charge is 2.23. The van der Waals surface area contributed by atoms with Gasteiger partial charge in [-0.1, -0.05) is 36.0 Å². The fourth-order valence-corrected chi connectivity index (χ4v) is 3.58. The van der Waals surface area contributed by atoms with Gasteiger partial charge in [-0.25, -0.2) is 0 Å². The molecule has 0 radical (unpaired) electrons. The predicted octanol–water partition coefficient (Wildman–Crippen LogP) is 4.23. The molecule has 1 aromatic carbocycles. The maximum absolute atomic E-state index is 12.7. The second-order valence-electron chi connectivity index (χ2n) is 5.55. The largest absolute Gasteiger partial charge is 0.472 e. The van der Waals surface area contributed by atoms with Crippen molar-refractivity contribution in [3.05, 3.63) is 61.6 Å². The standard InChI is InChI=1S/C19H20N4O2S/c1-3-8-16(18(24)20-15-9-6-5-7-10-15)26-19-22-21-17(23(19)4-2)14-11-12-25-13-14/h3,5-7,9-13,16H,1,4,8H2,2H3,(H,20,24). The number of allylic oxidation sites excluding steroid dienone is 1. The number of benzene rings is 1. The van der Waals surface area contributed by atoms with Crippen molar-refractivity contribution in [2.45, 2.75) is 30.3 Å². The zero-order valence-electron chi connectivity index (χ0n) is 14.5. The summed E-state index contributed by atoms with van der Waals surface area (Å²) in [5, 5.41) is 11.8. The first-order chi connectivity index (χ1) is 12.7. The molecule has 134 valence electrons. The van der Waals surface area contributed by atoms with Crippen molar-refractivity contribution in [2.24, 2.45) is 0 Å². The third-order valence-corrected chi connectivity index (χ3v) is 4.98. The van der Waals surface area contributed by atoms with E-state index in [4.69, 9.17) is 4.42 Å². The molecule has 0 aliphatic rings. The fraction of sp³-hybridized carbons (Fsp3) is 0.211. The number of rotatable bonds is 8. The summed E-state index contributed by atoms with van der Waals surface area (Å²) in [6.45, 7) is 6.48. The van der Waals surface area contributed by atoms with Gasteiger partial charge in [-0.05, 0) is 31.5 Å². The Bertz CT molecular complexity index is 859. The van der Waals surface area contributed by atoms with E-state index >= 15 is 0 Å². The van der Waals surface area contributed by atoms with E-state index in [-0.39, 0.29) is 11.2 Å². The van der Waals surface area contributed by atoms with E-state index in [2.05, 4.69) is 22.1 Å². The molecule has 3 rings (SSSR count). The minimum Gasteiger partial charge on any atom is -0.472 e. The van der Waals surface area contributed by atoms with E-state index in [1.807, 2.05) is 47.9 Å². The molecule has 3 aromatic rings. The summed E-state index contributed by atoms with van der Waals surface area (Å²) in [5.74, 6) is 0.640. The van der Waals surface area contributed by atoms with Crippen LogP contribution in [0.3, 0.4) is 0 Å². The van der Waals surface area contributed by atoms with Gasteiger partial charge >= 0.3 is 0 Å². The number of aromatic nitrogens is 3. The molecule has 6 nitrogen and oxygen atoms in total. The number of hydrogen-bond acceptors (Lipinski definition) is 5. The minimum absolute atomic E-state index is 0.0865. The molecule has 0 aliphatic heterocycles. The summed E-state index contributed by atoms with van der Waals surface area (Å²) in [6.07, 6.45) is 5.51. The monoisotopic (exact) mass is 368 g/mol. The summed E-state index contributed by atoms with van der Waals surface area (Å²) in [7, 11) is 0. The third kappa shape index (κ3) is 4.05. The van der Waals surface area contributed by atoms with Crippen molar-refractivity contribution < 1.29 is 9.21 Å². The van der Waals surface area contributed by atoms with Crippen LogP contribution in [0.25, 0.3) is 11.4 Å². The summed E-state index contributed by atoms with van der Waals surface area (Å²) >= 11 is 1.39. The van der Waals surface area contributed by atoms with Crippen molar-refractivity contribution in [1.82, 2.24) is 14.8 Å². The second-order valence-corrected chi connectivity index (χ2v) is 6.72. The zero-order chi connectivity index (χ0) is 18.4. The molecule has 2 heterocycles. The van der Waals surface area contributed by atoms with E-state index in [1.54, 1.807) is 18.6 Å². The molecule has 2 aromatic heterocycles. The molecule has 0 aliphatic carbocycles. The molecule has 7 heteroatoms.